The van der Waals surface area contributed by atoms with Gasteiger partial charge in [-0.05, 0) is 24.3 Å². The second-order valence-corrected chi connectivity index (χ2v) is 9.79. The fraction of sp³-hybridized carbons (Fsp3) is 0.417. The Hall–Kier alpha value is -1.04. The van der Waals surface area contributed by atoms with E-state index in [1.165, 1.54) is 36.0 Å². The zero-order valence-electron chi connectivity index (χ0n) is 10.9. The number of nitrogens with zero attached hydrogens (tertiary/aromatic N) is 1. The molecular weight excluding hydrogens is 318 g/mol. The van der Waals surface area contributed by atoms with Crippen LogP contribution in [0.15, 0.2) is 29.2 Å². The van der Waals surface area contributed by atoms with Crippen molar-refractivity contribution in [3.05, 3.63) is 29.8 Å². The summed E-state index contributed by atoms with van der Waals surface area (Å²) >= 11 is 1.30. The number of thioether (sulfide) groups is 1. The topological polar surface area (TPSA) is 92.1 Å². The molecule has 0 atom stereocenters. The van der Waals surface area contributed by atoms with Crippen LogP contribution in [0.4, 0.5) is 0 Å². The highest BCUT2D eigenvalue weighted by molar-refractivity contribution is 8.01. The van der Waals surface area contributed by atoms with Crippen LogP contribution >= 0.6 is 11.8 Å². The van der Waals surface area contributed by atoms with E-state index >= 15 is 0 Å². The summed E-state index contributed by atoms with van der Waals surface area (Å²) in [5, 5.41) is 8.65. The molecule has 0 aliphatic rings. The highest BCUT2D eigenvalue weighted by Gasteiger charge is 2.14. The molecule has 0 fully saturated rings. The van der Waals surface area contributed by atoms with Crippen LogP contribution in [0.3, 0.4) is 0 Å². The van der Waals surface area contributed by atoms with Gasteiger partial charge in [-0.1, -0.05) is 0 Å². The van der Waals surface area contributed by atoms with Gasteiger partial charge >= 0.3 is 0 Å². The van der Waals surface area contributed by atoms with Crippen LogP contribution in [-0.4, -0.2) is 46.1 Å². The van der Waals surface area contributed by atoms with Crippen molar-refractivity contribution in [2.75, 3.05) is 29.3 Å². The SMILES string of the molecule is CS(=O)(=O)CCSCCS(=O)(=O)c1ccc(C#N)cc1. The maximum Gasteiger partial charge on any atom is 0.179 e. The van der Waals surface area contributed by atoms with E-state index in [9.17, 15) is 16.8 Å². The zero-order chi connectivity index (χ0) is 15.2. The molecule has 1 rings (SSSR count). The number of hydrogen-bond donors (Lipinski definition) is 0. The number of nitriles is 1. The lowest BCUT2D eigenvalue weighted by atomic mass is 10.2. The molecule has 0 saturated heterocycles. The Bertz CT molecular complexity index is 685. The summed E-state index contributed by atoms with van der Waals surface area (Å²) in [5.74, 6) is 0.738. The van der Waals surface area contributed by atoms with Crippen LogP contribution < -0.4 is 0 Å². The van der Waals surface area contributed by atoms with Gasteiger partial charge in [-0.3, -0.25) is 0 Å². The quantitative estimate of drug-likeness (QED) is 0.694. The third-order valence-electron chi connectivity index (χ3n) is 2.44. The molecule has 8 heteroatoms. The summed E-state index contributed by atoms with van der Waals surface area (Å²) in [5.41, 5.74) is 0.409. The Balaban J connectivity index is 2.51. The van der Waals surface area contributed by atoms with Crippen LogP contribution in [0.2, 0.25) is 0 Å². The Kier molecular flexibility index (Phi) is 6.05. The summed E-state index contributed by atoms with van der Waals surface area (Å²) in [4.78, 5) is 0.181. The first-order valence-corrected chi connectivity index (χ1v) is 10.6. The molecule has 1 aromatic carbocycles. The molecule has 0 unspecified atom stereocenters. The lowest BCUT2D eigenvalue weighted by Crippen LogP contribution is -2.11. The fourth-order valence-corrected chi connectivity index (χ4v) is 5.36. The largest absolute Gasteiger partial charge is 0.229 e. The summed E-state index contributed by atoms with van der Waals surface area (Å²) in [6, 6.07) is 7.67. The van der Waals surface area contributed by atoms with Gasteiger partial charge in [0.15, 0.2) is 9.84 Å². The minimum absolute atomic E-state index is 0.0483. The zero-order valence-corrected chi connectivity index (χ0v) is 13.4. The molecule has 0 aromatic heterocycles. The van der Waals surface area contributed by atoms with Crippen LogP contribution in [0.25, 0.3) is 0 Å². The van der Waals surface area contributed by atoms with Gasteiger partial charge in [0, 0.05) is 17.8 Å². The van der Waals surface area contributed by atoms with Crippen molar-refractivity contribution in [1.82, 2.24) is 0 Å². The molecule has 0 amide bonds. The first-order chi connectivity index (χ1) is 9.24. The van der Waals surface area contributed by atoms with Gasteiger partial charge in [-0.2, -0.15) is 17.0 Å². The Morgan fingerprint density at radius 3 is 2.10 bits per heavy atom. The summed E-state index contributed by atoms with van der Waals surface area (Å²) in [6.45, 7) is 0. The van der Waals surface area contributed by atoms with E-state index in [2.05, 4.69) is 0 Å². The minimum atomic E-state index is -3.38. The average molecular weight is 333 g/mol. The van der Waals surface area contributed by atoms with E-state index in [4.69, 9.17) is 5.26 Å². The maximum absolute atomic E-state index is 12.0. The van der Waals surface area contributed by atoms with Gasteiger partial charge in [-0.25, -0.2) is 16.8 Å². The number of benzene rings is 1. The van der Waals surface area contributed by atoms with E-state index in [1.807, 2.05) is 6.07 Å². The van der Waals surface area contributed by atoms with Crippen molar-refractivity contribution in [3.63, 3.8) is 0 Å². The molecule has 110 valence electrons. The predicted molar refractivity (Wildman–Crippen MR) is 80.2 cm³/mol. The molecule has 0 aliphatic carbocycles. The first kappa shape index (κ1) is 17.0. The second-order valence-electron chi connectivity index (χ2n) is 4.20. The maximum atomic E-state index is 12.0. The molecule has 0 saturated carbocycles. The molecule has 5 nitrogen and oxygen atoms in total. The average Bonchev–Trinajstić information content (AvgIpc) is 2.37. The molecular formula is C12H15NO4S3. The Morgan fingerprint density at radius 2 is 1.60 bits per heavy atom. The van der Waals surface area contributed by atoms with E-state index in [1.54, 1.807) is 0 Å². The van der Waals surface area contributed by atoms with Gasteiger partial charge in [0.05, 0.1) is 28.0 Å². The number of sulfone groups is 2. The van der Waals surface area contributed by atoms with Crippen molar-refractivity contribution < 1.29 is 16.8 Å². The normalized spacial score (nSPS) is 12.0. The first-order valence-electron chi connectivity index (χ1n) is 5.73. The van der Waals surface area contributed by atoms with Crippen molar-refractivity contribution in [2.45, 2.75) is 4.90 Å². The Labute approximate surface area is 123 Å². The van der Waals surface area contributed by atoms with E-state index in [0.717, 1.165) is 6.26 Å². The monoisotopic (exact) mass is 333 g/mol. The van der Waals surface area contributed by atoms with Gasteiger partial charge in [0.25, 0.3) is 0 Å². The molecule has 0 spiro atoms. The summed E-state index contributed by atoms with van der Waals surface area (Å²) in [6.07, 6.45) is 1.15. The second kappa shape index (κ2) is 7.11. The van der Waals surface area contributed by atoms with Crippen LogP contribution in [-0.2, 0) is 19.7 Å². The summed E-state index contributed by atoms with van der Waals surface area (Å²) in [7, 11) is -6.38. The minimum Gasteiger partial charge on any atom is -0.229 e. The van der Waals surface area contributed by atoms with E-state index < -0.39 is 19.7 Å². The van der Waals surface area contributed by atoms with Crippen molar-refractivity contribution in [1.29, 1.82) is 5.26 Å². The molecule has 0 radical (unpaired) electrons. The smallest absolute Gasteiger partial charge is 0.179 e. The fourth-order valence-electron chi connectivity index (χ4n) is 1.34. The molecule has 0 aliphatic heterocycles. The van der Waals surface area contributed by atoms with Crippen LogP contribution in [0, 0.1) is 11.3 Å². The van der Waals surface area contributed by atoms with Crippen molar-refractivity contribution in [3.8, 4) is 6.07 Å². The Morgan fingerprint density at radius 1 is 1.05 bits per heavy atom. The van der Waals surface area contributed by atoms with Gasteiger partial charge < -0.3 is 0 Å². The highest BCUT2D eigenvalue weighted by Crippen LogP contribution is 2.14. The number of hydrogen-bond acceptors (Lipinski definition) is 6. The third kappa shape index (κ3) is 5.94. The molecule has 0 heterocycles. The highest BCUT2D eigenvalue weighted by atomic mass is 32.2. The van der Waals surface area contributed by atoms with Gasteiger partial charge in [0.2, 0.25) is 0 Å². The molecule has 0 bridgehead atoms. The van der Waals surface area contributed by atoms with Gasteiger partial charge in [-0.15, -0.1) is 0 Å². The lowest BCUT2D eigenvalue weighted by molar-refractivity contribution is 0.597. The standard InChI is InChI=1S/C12H15NO4S3/c1-19(14,15)8-6-18-7-9-20(16,17)12-4-2-11(10-13)3-5-12/h2-5H,6-9H2,1H3. The number of rotatable bonds is 7. The lowest BCUT2D eigenvalue weighted by Gasteiger charge is -2.04. The molecule has 1 aromatic rings. The van der Waals surface area contributed by atoms with E-state index in [-0.39, 0.29) is 16.4 Å². The molecule has 0 N–H and O–H groups in total. The van der Waals surface area contributed by atoms with Crippen LogP contribution in [0.1, 0.15) is 5.56 Å². The van der Waals surface area contributed by atoms with Gasteiger partial charge in [0.1, 0.15) is 9.84 Å². The van der Waals surface area contributed by atoms with Crippen LogP contribution in [0.5, 0.6) is 0 Å². The molecule has 20 heavy (non-hydrogen) atoms. The summed E-state index contributed by atoms with van der Waals surface area (Å²) < 4.78 is 45.8. The van der Waals surface area contributed by atoms with Crippen molar-refractivity contribution >= 4 is 31.4 Å². The van der Waals surface area contributed by atoms with Crippen molar-refractivity contribution in [2.24, 2.45) is 0 Å². The predicted octanol–water partition coefficient (Wildman–Crippen LogP) is 1.11. The van der Waals surface area contributed by atoms with E-state index in [0.29, 0.717) is 17.1 Å². The third-order valence-corrected chi connectivity index (χ3v) is 6.62.